The van der Waals surface area contributed by atoms with Gasteiger partial charge in [0.05, 0.1) is 0 Å². The molecule has 0 aliphatic rings. The fourth-order valence-corrected chi connectivity index (χ4v) is 0.0445. The lowest BCUT2D eigenvalue weighted by atomic mass is 10.2. The molecule has 1 radical (unpaired) electrons. The van der Waals surface area contributed by atoms with Gasteiger partial charge in [0, 0.05) is 5.92 Å². The third kappa shape index (κ3) is 1.78. The molecule has 0 aliphatic carbocycles. The van der Waals surface area contributed by atoms with Gasteiger partial charge in [0.1, 0.15) is 6.67 Å². The second-order valence-corrected chi connectivity index (χ2v) is 1.02. The number of hydrogen-bond donors (Lipinski definition) is 0. The van der Waals surface area contributed by atoms with E-state index in [1.54, 1.807) is 0 Å². The van der Waals surface area contributed by atoms with Gasteiger partial charge in [-0.15, -0.1) is 12.3 Å². The third-order valence-electron chi connectivity index (χ3n) is 0.422. The SMILES string of the molecule is C#CC([CH2])CF. The van der Waals surface area contributed by atoms with Crippen LogP contribution in [-0.4, -0.2) is 6.67 Å². The van der Waals surface area contributed by atoms with Crippen molar-refractivity contribution in [1.29, 1.82) is 0 Å². The van der Waals surface area contributed by atoms with Crippen LogP contribution >= 0.6 is 0 Å². The molecule has 0 aromatic rings. The Morgan fingerprint density at radius 2 is 2.50 bits per heavy atom. The van der Waals surface area contributed by atoms with Crippen LogP contribution in [0.25, 0.3) is 0 Å². The van der Waals surface area contributed by atoms with Crippen LogP contribution in [0.1, 0.15) is 0 Å². The molecule has 0 aliphatic heterocycles. The van der Waals surface area contributed by atoms with Crippen molar-refractivity contribution in [1.82, 2.24) is 0 Å². The number of hydrogen-bond acceptors (Lipinski definition) is 0. The monoisotopic (exact) mass is 85.0 g/mol. The van der Waals surface area contributed by atoms with E-state index in [-0.39, 0.29) is 0 Å². The molecule has 0 bridgehead atoms. The molecule has 0 saturated heterocycles. The highest BCUT2D eigenvalue weighted by Gasteiger charge is 1.88. The molecule has 0 amide bonds. The minimum atomic E-state index is -0.517. The van der Waals surface area contributed by atoms with Gasteiger partial charge in [0.2, 0.25) is 0 Å². The molecule has 0 fully saturated rings. The zero-order valence-electron chi connectivity index (χ0n) is 3.45. The molecule has 33 valence electrons. The van der Waals surface area contributed by atoms with Crippen molar-refractivity contribution in [2.24, 2.45) is 5.92 Å². The Morgan fingerprint density at radius 1 is 2.00 bits per heavy atom. The Labute approximate surface area is 37.4 Å². The van der Waals surface area contributed by atoms with E-state index in [0.717, 1.165) is 0 Å². The summed E-state index contributed by atoms with van der Waals surface area (Å²) in [7, 11) is 0. The van der Waals surface area contributed by atoms with Crippen LogP contribution in [-0.2, 0) is 0 Å². The van der Waals surface area contributed by atoms with Gasteiger partial charge in [0.15, 0.2) is 0 Å². The van der Waals surface area contributed by atoms with Crippen molar-refractivity contribution in [2.75, 3.05) is 6.67 Å². The number of halogens is 1. The summed E-state index contributed by atoms with van der Waals surface area (Å²) in [5, 5.41) is 0. The molecule has 0 N–H and O–H groups in total. The van der Waals surface area contributed by atoms with E-state index in [0.29, 0.717) is 0 Å². The molecule has 1 atom stereocenters. The molecule has 0 spiro atoms. The fraction of sp³-hybridized carbons (Fsp3) is 0.400. The van der Waals surface area contributed by atoms with E-state index in [1.165, 1.54) is 0 Å². The molecular weight excluding hydrogens is 79.1 g/mol. The summed E-state index contributed by atoms with van der Waals surface area (Å²) in [5.41, 5.74) is 0. The average Bonchev–Trinajstić information content (AvgIpc) is 1.65. The minimum absolute atomic E-state index is 0.454. The Balaban J connectivity index is 3.04. The molecule has 0 aromatic carbocycles. The van der Waals surface area contributed by atoms with Gasteiger partial charge in [-0.2, -0.15) is 0 Å². The Hall–Kier alpha value is -0.510. The van der Waals surface area contributed by atoms with Crippen molar-refractivity contribution in [3.05, 3.63) is 6.92 Å². The summed E-state index contributed by atoms with van der Waals surface area (Å²) in [6.45, 7) is 2.75. The first-order valence-electron chi connectivity index (χ1n) is 1.66. The highest BCUT2D eigenvalue weighted by molar-refractivity contribution is 4.93. The van der Waals surface area contributed by atoms with Crippen LogP contribution in [0.15, 0.2) is 0 Å². The third-order valence-corrected chi connectivity index (χ3v) is 0.422. The molecule has 0 aromatic heterocycles. The van der Waals surface area contributed by atoms with Crippen LogP contribution in [0.3, 0.4) is 0 Å². The van der Waals surface area contributed by atoms with Crippen LogP contribution in [0.4, 0.5) is 4.39 Å². The predicted molar refractivity (Wildman–Crippen MR) is 23.7 cm³/mol. The van der Waals surface area contributed by atoms with Crippen molar-refractivity contribution in [3.8, 4) is 12.3 Å². The maximum atomic E-state index is 11.2. The molecule has 0 nitrogen and oxygen atoms in total. The van der Waals surface area contributed by atoms with Gasteiger partial charge in [0.25, 0.3) is 0 Å². The maximum Gasteiger partial charge on any atom is 0.103 e. The Bertz CT molecular complexity index is 60.8. The maximum absolute atomic E-state index is 11.2. The molecular formula is C5H6F. The molecule has 1 unspecified atom stereocenters. The van der Waals surface area contributed by atoms with Crippen LogP contribution in [0.5, 0.6) is 0 Å². The predicted octanol–water partition coefficient (Wildman–Crippen LogP) is 1.04. The van der Waals surface area contributed by atoms with Gasteiger partial charge in [-0.05, 0) is 6.92 Å². The van der Waals surface area contributed by atoms with Crippen LogP contribution < -0.4 is 0 Å². The lowest BCUT2D eigenvalue weighted by Gasteiger charge is -1.87. The van der Waals surface area contributed by atoms with Crippen molar-refractivity contribution >= 4 is 0 Å². The van der Waals surface area contributed by atoms with Gasteiger partial charge >= 0.3 is 0 Å². The van der Waals surface area contributed by atoms with E-state index < -0.39 is 12.6 Å². The Kier molecular flexibility index (Phi) is 2.48. The molecule has 1 heteroatoms. The summed E-state index contributed by atoms with van der Waals surface area (Å²) in [5.74, 6) is 1.67. The molecule has 0 saturated carbocycles. The van der Waals surface area contributed by atoms with Crippen molar-refractivity contribution in [3.63, 3.8) is 0 Å². The van der Waals surface area contributed by atoms with E-state index in [1.807, 2.05) is 0 Å². The van der Waals surface area contributed by atoms with Gasteiger partial charge in [-0.1, -0.05) is 0 Å². The first kappa shape index (κ1) is 5.49. The smallest absolute Gasteiger partial charge is 0.103 e. The first-order valence-corrected chi connectivity index (χ1v) is 1.66. The van der Waals surface area contributed by atoms with Gasteiger partial charge in [-0.25, -0.2) is 4.39 Å². The lowest BCUT2D eigenvalue weighted by molar-refractivity contribution is 0.458. The Morgan fingerprint density at radius 3 is 2.50 bits per heavy atom. The average molecular weight is 85.1 g/mol. The fourth-order valence-electron chi connectivity index (χ4n) is 0.0445. The summed E-state index contributed by atoms with van der Waals surface area (Å²) in [6.07, 6.45) is 4.73. The van der Waals surface area contributed by atoms with Crippen molar-refractivity contribution < 1.29 is 4.39 Å². The van der Waals surface area contributed by atoms with E-state index in [4.69, 9.17) is 6.42 Å². The zero-order chi connectivity index (χ0) is 4.99. The van der Waals surface area contributed by atoms with Crippen LogP contribution in [0.2, 0.25) is 0 Å². The highest BCUT2D eigenvalue weighted by Crippen LogP contribution is 1.87. The topological polar surface area (TPSA) is 0 Å². The van der Waals surface area contributed by atoms with Crippen molar-refractivity contribution in [2.45, 2.75) is 0 Å². The summed E-state index contributed by atoms with van der Waals surface area (Å²) >= 11 is 0. The van der Waals surface area contributed by atoms with E-state index >= 15 is 0 Å². The highest BCUT2D eigenvalue weighted by atomic mass is 19.1. The van der Waals surface area contributed by atoms with E-state index in [2.05, 4.69) is 12.8 Å². The summed E-state index contributed by atoms with van der Waals surface area (Å²) in [4.78, 5) is 0. The molecule has 0 heterocycles. The van der Waals surface area contributed by atoms with Gasteiger partial charge in [-0.3, -0.25) is 0 Å². The summed E-state index contributed by atoms with van der Waals surface area (Å²) in [6, 6.07) is 0. The quantitative estimate of drug-likeness (QED) is 0.417. The lowest BCUT2D eigenvalue weighted by Crippen LogP contribution is -1.89. The number of alkyl halides is 1. The second-order valence-electron chi connectivity index (χ2n) is 1.02. The molecule has 6 heavy (non-hydrogen) atoms. The zero-order valence-corrected chi connectivity index (χ0v) is 3.45. The summed E-state index contributed by atoms with van der Waals surface area (Å²) < 4.78 is 11.2. The van der Waals surface area contributed by atoms with Gasteiger partial charge < -0.3 is 0 Å². The first-order chi connectivity index (χ1) is 2.81. The van der Waals surface area contributed by atoms with Crippen LogP contribution in [0, 0.1) is 25.2 Å². The standard InChI is InChI=1S/C5H6F/c1-3-5(2)4-6/h1,5H,2,4H2. The number of rotatable bonds is 1. The van der Waals surface area contributed by atoms with E-state index in [9.17, 15) is 4.39 Å². The number of terminal acetylenes is 1. The second kappa shape index (κ2) is 2.71. The molecule has 0 rings (SSSR count). The largest absolute Gasteiger partial charge is 0.250 e. The minimum Gasteiger partial charge on any atom is -0.250 e. The normalized spacial score (nSPS) is 12.8.